The number of ether oxygens (including phenoxy) is 3. The van der Waals surface area contributed by atoms with Crippen molar-refractivity contribution in [1.29, 1.82) is 0 Å². The molecule has 0 spiro atoms. The lowest BCUT2D eigenvalue weighted by Gasteiger charge is -2.30. The number of rotatable bonds is 12. The predicted octanol–water partition coefficient (Wildman–Crippen LogP) is 2.34. The highest BCUT2D eigenvalue weighted by molar-refractivity contribution is 5.95. The third-order valence-corrected chi connectivity index (χ3v) is 4.13. The fraction of sp³-hybridized carbons (Fsp3) is 0.833. The van der Waals surface area contributed by atoms with Gasteiger partial charge in [-0.15, -0.1) is 0 Å². The minimum atomic E-state index is -1.32. The van der Waals surface area contributed by atoms with Crippen LogP contribution in [0.5, 0.6) is 0 Å². The molecule has 0 saturated heterocycles. The van der Waals surface area contributed by atoms with Crippen molar-refractivity contribution in [3.05, 3.63) is 0 Å². The summed E-state index contributed by atoms with van der Waals surface area (Å²) in [7, 11) is 0. The van der Waals surface area contributed by atoms with Gasteiger partial charge in [-0.2, -0.15) is 0 Å². The quantitative estimate of drug-likeness (QED) is 0.249. The molecule has 0 fully saturated rings. The van der Waals surface area contributed by atoms with Gasteiger partial charge in [0.05, 0.1) is 13.1 Å². The number of hydrogen-bond donors (Lipinski definition) is 1. The van der Waals surface area contributed by atoms with Crippen LogP contribution in [0.4, 0.5) is 0 Å². The van der Waals surface area contributed by atoms with E-state index in [4.69, 9.17) is 14.2 Å². The summed E-state index contributed by atoms with van der Waals surface area (Å²) in [6.07, 6.45) is 0. The zero-order valence-corrected chi connectivity index (χ0v) is 22.5. The maximum absolute atomic E-state index is 12.8. The van der Waals surface area contributed by atoms with Crippen LogP contribution in [0.15, 0.2) is 0 Å². The highest BCUT2D eigenvalue weighted by Gasteiger charge is 2.36. The first kappa shape index (κ1) is 31.8. The second kappa shape index (κ2) is 13.0. The summed E-state index contributed by atoms with van der Waals surface area (Å²) >= 11 is 0. The van der Waals surface area contributed by atoms with E-state index in [1.54, 1.807) is 67.2 Å². The minimum Gasteiger partial charge on any atom is -0.480 e. The zero-order valence-electron chi connectivity index (χ0n) is 22.5. The van der Waals surface area contributed by atoms with Gasteiger partial charge in [0.1, 0.15) is 16.8 Å². The van der Waals surface area contributed by atoms with Crippen molar-refractivity contribution in [2.45, 2.75) is 86.0 Å². The molecule has 0 aliphatic rings. The maximum atomic E-state index is 12.8. The number of carbonyl (C=O) groups is 4. The Morgan fingerprint density at radius 2 is 1.12 bits per heavy atom. The van der Waals surface area contributed by atoms with Crippen LogP contribution >= 0.6 is 0 Å². The van der Waals surface area contributed by atoms with Crippen LogP contribution in [-0.2, 0) is 33.4 Å². The highest BCUT2D eigenvalue weighted by atomic mass is 16.6. The van der Waals surface area contributed by atoms with Crippen molar-refractivity contribution in [1.82, 2.24) is 9.80 Å². The summed E-state index contributed by atoms with van der Waals surface area (Å²) in [5.41, 5.74) is -2.28. The Bertz CT molecular complexity index is 673. The average Bonchev–Trinajstić information content (AvgIpc) is 2.57. The number of carboxylic acids is 1. The molecule has 198 valence electrons. The second-order valence-electron chi connectivity index (χ2n) is 11.2. The zero-order chi connectivity index (χ0) is 26.9. The maximum Gasteiger partial charge on any atom is 0.322 e. The van der Waals surface area contributed by atoms with Crippen LogP contribution in [0.25, 0.3) is 0 Å². The van der Waals surface area contributed by atoms with Gasteiger partial charge < -0.3 is 19.3 Å². The Kier molecular flexibility index (Phi) is 12.2. The number of carbonyl (C=O) groups excluding carboxylic acids is 3. The number of hydrogen-bond acceptors (Lipinski definition) is 9. The summed E-state index contributed by atoms with van der Waals surface area (Å²) in [5, 5.41) is 9.38. The van der Waals surface area contributed by atoms with Crippen molar-refractivity contribution < 1.29 is 38.5 Å². The van der Waals surface area contributed by atoms with Crippen LogP contribution in [0.1, 0.15) is 69.2 Å². The summed E-state index contributed by atoms with van der Waals surface area (Å²) in [4.78, 5) is 52.6. The topological polar surface area (TPSA) is 123 Å². The van der Waals surface area contributed by atoms with Crippen molar-refractivity contribution in [2.24, 2.45) is 5.92 Å². The van der Waals surface area contributed by atoms with Crippen molar-refractivity contribution in [3.8, 4) is 0 Å². The number of esters is 3. The van der Waals surface area contributed by atoms with E-state index in [0.29, 0.717) is 13.1 Å². The molecular formula is C24H44N2O8. The SMILES string of the molecule is CCN(CCN(CC(=O)O)CC(C(=O)OC(C)(C)C)C(=O)OC(C)(C)C)CC(=O)OC(C)(C)C. The third-order valence-electron chi connectivity index (χ3n) is 4.13. The lowest BCUT2D eigenvalue weighted by Crippen LogP contribution is -2.47. The molecule has 0 atom stereocenters. The van der Waals surface area contributed by atoms with Crippen LogP contribution in [0, 0.1) is 5.92 Å². The lowest BCUT2D eigenvalue weighted by atomic mass is 10.1. The summed E-state index contributed by atoms with van der Waals surface area (Å²) in [6, 6.07) is 0. The molecule has 0 heterocycles. The molecular weight excluding hydrogens is 444 g/mol. The van der Waals surface area contributed by atoms with Crippen LogP contribution < -0.4 is 0 Å². The lowest BCUT2D eigenvalue weighted by molar-refractivity contribution is -0.176. The van der Waals surface area contributed by atoms with Crippen molar-refractivity contribution >= 4 is 23.9 Å². The molecule has 0 aliphatic heterocycles. The van der Waals surface area contributed by atoms with Gasteiger partial charge in [-0.05, 0) is 68.9 Å². The smallest absolute Gasteiger partial charge is 0.322 e. The molecule has 0 aromatic carbocycles. The van der Waals surface area contributed by atoms with Crippen LogP contribution in [0.3, 0.4) is 0 Å². The van der Waals surface area contributed by atoms with Gasteiger partial charge in [-0.1, -0.05) is 6.92 Å². The molecule has 0 aliphatic carbocycles. The van der Waals surface area contributed by atoms with E-state index in [1.807, 2.05) is 6.92 Å². The molecule has 10 heteroatoms. The standard InChI is InChI=1S/C24H44N2O8/c1-11-25(16-19(29)32-22(2,3)4)12-13-26(15-18(27)28)14-17(20(30)33-23(5,6)7)21(31)34-24(8,9)10/h17H,11-16H2,1-10H3,(H,27,28). The second-order valence-corrected chi connectivity index (χ2v) is 11.2. The Morgan fingerprint density at radius 3 is 1.47 bits per heavy atom. The molecule has 0 aromatic rings. The molecule has 34 heavy (non-hydrogen) atoms. The van der Waals surface area contributed by atoms with Gasteiger partial charge in [0.2, 0.25) is 0 Å². The van der Waals surface area contributed by atoms with E-state index in [1.165, 1.54) is 4.90 Å². The molecule has 1 N–H and O–H groups in total. The van der Waals surface area contributed by atoms with Gasteiger partial charge in [-0.25, -0.2) is 0 Å². The van der Waals surface area contributed by atoms with Crippen LogP contribution in [-0.4, -0.2) is 94.9 Å². The van der Waals surface area contributed by atoms with E-state index in [2.05, 4.69) is 0 Å². The van der Waals surface area contributed by atoms with E-state index < -0.39 is 47.2 Å². The summed E-state index contributed by atoms with van der Waals surface area (Å²) in [5.74, 6) is -4.38. The first-order chi connectivity index (χ1) is 15.2. The molecule has 0 rings (SSSR count). The first-order valence-corrected chi connectivity index (χ1v) is 11.6. The Balaban J connectivity index is 5.52. The van der Waals surface area contributed by atoms with E-state index in [0.717, 1.165) is 0 Å². The molecule has 0 amide bonds. The number of aliphatic carboxylic acids is 1. The highest BCUT2D eigenvalue weighted by Crippen LogP contribution is 2.18. The van der Waals surface area contributed by atoms with Gasteiger partial charge in [0, 0.05) is 19.6 Å². The van der Waals surface area contributed by atoms with Gasteiger partial charge >= 0.3 is 23.9 Å². The Morgan fingerprint density at radius 1 is 0.706 bits per heavy atom. The van der Waals surface area contributed by atoms with Gasteiger partial charge in [0.15, 0.2) is 5.92 Å². The summed E-state index contributed by atoms with van der Waals surface area (Å²) in [6.45, 7) is 17.8. The molecule has 0 unspecified atom stereocenters. The molecule has 0 radical (unpaired) electrons. The largest absolute Gasteiger partial charge is 0.480 e. The Labute approximate surface area is 203 Å². The first-order valence-electron chi connectivity index (χ1n) is 11.6. The van der Waals surface area contributed by atoms with Gasteiger partial charge in [0.25, 0.3) is 0 Å². The molecule has 0 aromatic heterocycles. The molecule has 10 nitrogen and oxygen atoms in total. The molecule has 0 saturated carbocycles. The van der Waals surface area contributed by atoms with E-state index in [9.17, 15) is 24.3 Å². The number of carboxylic acid groups (broad SMARTS) is 1. The predicted molar refractivity (Wildman–Crippen MR) is 127 cm³/mol. The minimum absolute atomic E-state index is 0.0379. The van der Waals surface area contributed by atoms with E-state index >= 15 is 0 Å². The summed E-state index contributed by atoms with van der Waals surface area (Å²) < 4.78 is 16.2. The van der Waals surface area contributed by atoms with Crippen molar-refractivity contribution in [3.63, 3.8) is 0 Å². The normalized spacial score (nSPS) is 12.7. The Hall–Kier alpha value is -2.20. The van der Waals surface area contributed by atoms with Crippen LogP contribution in [0.2, 0.25) is 0 Å². The number of likely N-dealkylation sites (N-methyl/N-ethyl adjacent to an activating group) is 1. The fourth-order valence-corrected chi connectivity index (χ4v) is 2.86. The van der Waals surface area contributed by atoms with Gasteiger partial charge in [-0.3, -0.25) is 29.0 Å². The number of nitrogens with zero attached hydrogens (tertiary/aromatic N) is 2. The monoisotopic (exact) mass is 488 g/mol. The van der Waals surface area contributed by atoms with Crippen molar-refractivity contribution in [2.75, 3.05) is 39.3 Å². The molecule has 0 bridgehead atoms. The van der Waals surface area contributed by atoms with E-state index in [-0.39, 0.29) is 25.6 Å². The third kappa shape index (κ3) is 15.6. The average molecular weight is 489 g/mol. The fourth-order valence-electron chi connectivity index (χ4n) is 2.86.